The molecule has 0 radical (unpaired) electrons. The highest BCUT2D eigenvalue weighted by molar-refractivity contribution is 7.21. The number of likely N-dealkylation sites (N-methyl/N-ethyl adjacent to an activating group) is 1. The first kappa shape index (κ1) is 14.7. The first-order valence-electron chi connectivity index (χ1n) is 5.65. The van der Waals surface area contributed by atoms with Crippen LogP contribution in [0.15, 0.2) is 18.2 Å². The number of carbonyl (C=O) groups excluding carboxylic acids is 2. The summed E-state index contributed by atoms with van der Waals surface area (Å²) in [5.74, 6) is -1.42. The van der Waals surface area contributed by atoms with Crippen molar-refractivity contribution in [1.82, 2.24) is 4.90 Å². The van der Waals surface area contributed by atoms with Crippen molar-refractivity contribution in [1.29, 1.82) is 0 Å². The third kappa shape index (κ3) is 2.91. The topological polar surface area (TPSA) is 46.6 Å². The number of carbonyl (C=O) groups is 2. The van der Waals surface area contributed by atoms with Crippen LogP contribution >= 0.6 is 22.9 Å². The molecule has 0 saturated carbocycles. The van der Waals surface area contributed by atoms with Gasteiger partial charge in [-0.15, -0.1) is 11.3 Å². The van der Waals surface area contributed by atoms with Crippen molar-refractivity contribution in [2.75, 3.05) is 20.7 Å². The first-order chi connectivity index (χ1) is 9.40. The lowest BCUT2D eigenvalue weighted by Crippen LogP contribution is -2.27. The van der Waals surface area contributed by atoms with Gasteiger partial charge in [0.1, 0.15) is 10.7 Å². The van der Waals surface area contributed by atoms with Gasteiger partial charge in [-0.2, -0.15) is 0 Å². The second kappa shape index (κ2) is 5.76. The summed E-state index contributed by atoms with van der Waals surface area (Å²) in [6.45, 7) is -0.356. The molecule has 0 aliphatic carbocycles. The largest absolute Gasteiger partial charge is 0.451 e. The summed E-state index contributed by atoms with van der Waals surface area (Å²) in [5.41, 5.74) is 0. The highest BCUT2D eigenvalue weighted by atomic mass is 35.5. The fraction of sp³-hybridized carbons (Fsp3) is 0.231. The number of thiophene rings is 1. The van der Waals surface area contributed by atoms with Gasteiger partial charge in [0, 0.05) is 24.2 Å². The van der Waals surface area contributed by atoms with Gasteiger partial charge in [-0.3, -0.25) is 4.79 Å². The zero-order valence-electron chi connectivity index (χ0n) is 10.8. The Hall–Kier alpha value is -1.66. The SMILES string of the molecule is CN(C)C(=O)COC(=O)c1sc2cc(F)ccc2c1Cl. The first-order valence-corrected chi connectivity index (χ1v) is 6.84. The van der Waals surface area contributed by atoms with E-state index in [4.69, 9.17) is 16.3 Å². The maximum absolute atomic E-state index is 13.1. The molecule has 0 unspecified atom stereocenters. The Kier molecular flexibility index (Phi) is 4.25. The maximum atomic E-state index is 13.1. The zero-order valence-corrected chi connectivity index (χ0v) is 12.3. The average molecular weight is 316 g/mol. The molecule has 0 fully saturated rings. The molecule has 1 aromatic heterocycles. The Balaban J connectivity index is 2.22. The minimum atomic E-state index is -0.688. The molecule has 4 nitrogen and oxygen atoms in total. The van der Waals surface area contributed by atoms with E-state index in [1.54, 1.807) is 14.1 Å². The molecule has 0 spiro atoms. The van der Waals surface area contributed by atoms with E-state index >= 15 is 0 Å². The molecule has 0 atom stereocenters. The molecule has 0 aliphatic heterocycles. The van der Waals surface area contributed by atoms with Crippen molar-refractivity contribution in [3.8, 4) is 0 Å². The van der Waals surface area contributed by atoms with Crippen LogP contribution in [0.5, 0.6) is 0 Å². The van der Waals surface area contributed by atoms with E-state index in [1.807, 2.05) is 0 Å². The number of halogens is 2. The van der Waals surface area contributed by atoms with E-state index in [-0.39, 0.29) is 22.4 Å². The Morgan fingerprint density at radius 3 is 2.75 bits per heavy atom. The molecular formula is C13H11ClFNO3S. The second-order valence-corrected chi connectivity index (χ2v) is 5.68. The smallest absolute Gasteiger partial charge is 0.350 e. The summed E-state index contributed by atoms with van der Waals surface area (Å²) in [7, 11) is 3.12. The zero-order chi connectivity index (χ0) is 14.9. The van der Waals surface area contributed by atoms with Crippen molar-refractivity contribution >= 4 is 44.9 Å². The molecule has 1 heterocycles. The molecular weight excluding hydrogens is 305 g/mol. The molecule has 106 valence electrons. The lowest BCUT2D eigenvalue weighted by molar-refractivity contribution is -0.131. The van der Waals surface area contributed by atoms with E-state index < -0.39 is 11.8 Å². The number of fused-ring (bicyclic) bond motifs is 1. The van der Waals surface area contributed by atoms with Crippen molar-refractivity contribution < 1.29 is 18.7 Å². The molecule has 7 heteroatoms. The number of benzene rings is 1. The number of ether oxygens (including phenoxy) is 1. The van der Waals surface area contributed by atoms with Crippen LogP contribution in [0.4, 0.5) is 4.39 Å². The number of hydrogen-bond acceptors (Lipinski definition) is 4. The van der Waals surface area contributed by atoms with Gasteiger partial charge in [0.15, 0.2) is 6.61 Å². The predicted molar refractivity (Wildman–Crippen MR) is 75.8 cm³/mol. The van der Waals surface area contributed by atoms with Gasteiger partial charge in [0.25, 0.3) is 5.91 Å². The Morgan fingerprint density at radius 2 is 2.10 bits per heavy atom. The van der Waals surface area contributed by atoms with Crippen LogP contribution < -0.4 is 0 Å². The average Bonchev–Trinajstić information content (AvgIpc) is 2.72. The highest BCUT2D eigenvalue weighted by Gasteiger charge is 2.20. The molecule has 20 heavy (non-hydrogen) atoms. The number of rotatable bonds is 3. The molecule has 0 saturated heterocycles. The van der Waals surface area contributed by atoms with Crippen LogP contribution in [0.2, 0.25) is 5.02 Å². The summed E-state index contributed by atoms with van der Waals surface area (Å²) in [6.07, 6.45) is 0. The van der Waals surface area contributed by atoms with Gasteiger partial charge in [0.05, 0.1) is 5.02 Å². The Labute approximate surface area is 123 Å². The van der Waals surface area contributed by atoms with E-state index in [0.29, 0.717) is 10.1 Å². The van der Waals surface area contributed by atoms with Crippen LogP contribution in [-0.2, 0) is 9.53 Å². The van der Waals surface area contributed by atoms with E-state index in [1.165, 1.54) is 23.1 Å². The summed E-state index contributed by atoms with van der Waals surface area (Å²) in [6, 6.07) is 4.07. The second-order valence-electron chi connectivity index (χ2n) is 4.25. The van der Waals surface area contributed by atoms with Crippen LogP contribution in [0, 0.1) is 5.82 Å². The molecule has 0 bridgehead atoms. The van der Waals surface area contributed by atoms with Crippen LogP contribution in [0.3, 0.4) is 0 Å². The Bertz CT molecular complexity index is 684. The molecule has 1 aromatic carbocycles. The molecule has 0 aliphatic rings. The minimum absolute atomic E-state index is 0.166. The van der Waals surface area contributed by atoms with Crippen LogP contribution in [0.1, 0.15) is 9.67 Å². The standard InChI is InChI=1S/C13H11ClFNO3S/c1-16(2)10(17)6-19-13(18)12-11(14)8-4-3-7(15)5-9(8)20-12/h3-5H,6H2,1-2H3. The van der Waals surface area contributed by atoms with Gasteiger partial charge >= 0.3 is 5.97 Å². The summed E-state index contributed by atoms with van der Waals surface area (Å²) in [4.78, 5) is 24.7. The quantitative estimate of drug-likeness (QED) is 0.818. The van der Waals surface area contributed by atoms with Gasteiger partial charge in [-0.1, -0.05) is 11.6 Å². The van der Waals surface area contributed by atoms with Gasteiger partial charge in [0.2, 0.25) is 0 Å². The monoisotopic (exact) mass is 315 g/mol. The van der Waals surface area contributed by atoms with E-state index in [9.17, 15) is 14.0 Å². The van der Waals surface area contributed by atoms with E-state index in [0.717, 1.165) is 11.3 Å². The molecule has 1 amide bonds. The van der Waals surface area contributed by atoms with Crippen molar-refractivity contribution in [3.05, 3.63) is 33.9 Å². The minimum Gasteiger partial charge on any atom is -0.451 e. The highest BCUT2D eigenvalue weighted by Crippen LogP contribution is 2.36. The summed E-state index contributed by atoms with van der Waals surface area (Å²) >= 11 is 7.11. The van der Waals surface area contributed by atoms with Gasteiger partial charge in [-0.05, 0) is 18.2 Å². The van der Waals surface area contributed by atoms with Crippen molar-refractivity contribution in [2.24, 2.45) is 0 Å². The third-order valence-electron chi connectivity index (χ3n) is 2.60. The fourth-order valence-corrected chi connectivity index (χ4v) is 2.92. The lowest BCUT2D eigenvalue weighted by atomic mass is 10.2. The third-order valence-corrected chi connectivity index (χ3v) is 4.24. The lowest BCUT2D eigenvalue weighted by Gasteiger charge is -2.09. The van der Waals surface area contributed by atoms with Gasteiger partial charge < -0.3 is 9.64 Å². The predicted octanol–water partition coefficient (Wildman–Crippen LogP) is 2.94. The van der Waals surface area contributed by atoms with E-state index in [2.05, 4.69) is 0 Å². The summed E-state index contributed by atoms with van der Waals surface area (Å²) < 4.78 is 18.6. The molecule has 0 N–H and O–H groups in total. The number of esters is 1. The van der Waals surface area contributed by atoms with Crippen LogP contribution in [-0.4, -0.2) is 37.5 Å². The van der Waals surface area contributed by atoms with Crippen molar-refractivity contribution in [2.45, 2.75) is 0 Å². The number of nitrogens with zero attached hydrogens (tertiary/aromatic N) is 1. The van der Waals surface area contributed by atoms with Crippen LogP contribution in [0.25, 0.3) is 10.1 Å². The fourth-order valence-electron chi connectivity index (χ4n) is 1.49. The summed E-state index contributed by atoms with van der Waals surface area (Å²) in [5, 5.41) is 0.802. The molecule has 2 rings (SSSR count). The molecule has 2 aromatic rings. The maximum Gasteiger partial charge on any atom is 0.350 e. The normalized spacial score (nSPS) is 10.6. The number of amides is 1. The Morgan fingerprint density at radius 1 is 1.40 bits per heavy atom. The number of hydrogen-bond donors (Lipinski definition) is 0. The van der Waals surface area contributed by atoms with Gasteiger partial charge in [-0.25, -0.2) is 9.18 Å². The van der Waals surface area contributed by atoms with Crippen molar-refractivity contribution in [3.63, 3.8) is 0 Å².